The number of aryl methyl sites for hydroxylation is 2. The molecule has 1 aliphatic carbocycles. The van der Waals surface area contributed by atoms with Crippen LogP contribution >= 0.6 is 11.3 Å². The fourth-order valence-electron chi connectivity index (χ4n) is 7.77. The van der Waals surface area contributed by atoms with Crippen LogP contribution in [-0.2, 0) is 5.41 Å². The average Bonchev–Trinajstić information content (AvgIpc) is 3.74. The maximum atomic E-state index is 7.19. The van der Waals surface area contributed by atoms with Gasteiger partial charge in [0.2, 0.25) is 0 Å². The summed E-state index contributed by atoms with van der Waals surface area (Å²) in [6.07, 6.45) is 1.98. The Bertz CT molecular complexity index is 2560. The van der Waals surface area contributed by atoms with E-state index in [9.17, 15) is 0 Å². The maximum absolute atomic E-state index is 7.19. The van der Waals surface area contributed by atoms with Gasteiger partial charge in [-0.05, 0) is 94.4 Å². The molecule has 1 aromatic heterocycles. The van der Waals surface area contributed by atoms with E-state index in [-0.39, 0.29) is 5.41 Å². The largest absolute Gasteiger partial charge is 0.398 e. The lowest BCUT2D eigenvalue weighted by atomic mass is 9.81. The van der Waals surface area contributed by atoms with E-state index >= 15 is 0 Å². The van der Waals surface area contributed by atoms with Gasteiger partial charge in [-0.15, -0.1) is 11.3 Å². The van der Waals surface area contributed by atoms with Crippen molar-refractivity contribution < 1.29 is 0 Å². The zero-order chi connectivity index (χ0) is 42.7. The van der Waals surface area contributed by atoms with Crippen LogP contribution in [0.5, 0.6) is 0 Å². The van der Waals surface area contributed by atoms with Gasteiger partial charge in [-0.25, -0.2) is 4.99 Å². The highest BCUT2D eigenvalue weighted by Gasteiger charge is 2.35. The van der Waals surface area contributed by atoms with Crippen LogP contribution in [0, 0.1) is 13.8 Å². The SMILES string of the molecule is C=Cc1c(C)sc2c1ccc1cc(N=C(/C(C)=C(\N)c3ccc4c(c3)C(C)(C)c3ccccc3-4)c3ccccc3C)c(-c3ccccc3)cc12.CC.CC.CC.CC. The molecule has 1 aliphatic rings. The number of benzene rings is 6. The lowest BCUT2D eigenvalue weighted by Gasteiger charge is -2.22. The number of hydrogen-bond donors (Lipinski definition) is 1. The third kappa shape index (κ3) is 8.52. The van der Waals surface area contributed by atoms with Crippen molar-refractivity contribution in [1.82, 2.24) is 0 Å². The molecule has 0 aliphatic heterocycles. The Kier molecular flexibility index (Phi) is 15.8. The van der Waals surface area contributed by atoms with E-state index in [4.69, 9.17) is 10.7 Å². The molecule has 0 fully saturated rings. The molecule has 7 aromatic rings. The second kappa shape index (κ2) is 20.3. The smallest absolute Gasteiger partial charge is 0.0762 e. The first kappa shape index (κ1) is 45.2. The molecule has 0 spiro atoms. The van der Waals surface area contributed by atoms with E-state index in [0.29, 0.717) is 0 Å². The van der Waals surface area contributed by atoms with Crippen molar-refractivity contribution in [2.75, 3.05) is 0 Å². The molecule has 0 saturated heterocycles. The minimum absolute atomic E-state index is 0.113. The summed E-state index contributed by atoms with van der Waals surface area (Å²) in [4.78, 5) is 6.86. The minimum atomic E-state index is -0.113. The number of thiophene rings is 1. The van der Waals surface area contributed by atoms with Gasteiger partial charge in [0.05, 0.1) is 11.4 Å². The van der Waals surface area contributed by atoms with Gasteiger partial charge < -0.3 is 5.73 Å². The lowest BCUT2D eigenvalue weighted by Crippen LogP contribution is -2.16. The number of aliphatic imine (C=N–C) groups is 1. The normalized spacial score (nSPS) is 12.5. The molecule has 6 aromatic carbocycles. The van der Waals surface area contributed by atoms with Crippen LogP contribution in [0.1, 0.15) is 114 Å². The van der Waals surface area contributed by atoms with Gasteiger partial charge >= 0.3 is 0 Å². The average molecular weight is 785 g/mol. The highest BCUT2D eigenvalue weighted by molar-refractivity contribution is 7.20. The predicted molar refractivity (Wildman–Crippen MR) is 263 cm³/mol. The Morgan fingerprint density at radius 2 is 1.28 bits per heavy atom. The maximum Gasteiger partial charge on any atom is 0.0762 e. The molecule has 3 heteroatoms. The zero-order valence-corrected chi connectivity index (χ0v) is 38.1. The summed E-state index contributed by atoms with van der Waals surface area (Å²) in [6, 6.07) is 43.5. The number of allylic oxidation sites excluding steroid dienone is 1. The first-order valence-electron chi connectivity index (χ1n) is 21.2. The number of nitrogens with zero attached hydrogens (tertiary/aromatic N) is 1. The molecule has 58 heavy (non-hydrogen) atoms. The van der Waals surface area contributed by atoms with Crippen LogP contribution in [0.4, 0.5) is 5.69 Å². The van der Waals surface area contributed by atoms with E-state index in [1.54, 1.807) is 0 Å². The Morgan fingerprint density at radius 1 is 0.655 bits per heavy atom. The number of hydrogen-bond acceptors (Lipinski definition) is 3. The standard InChI is InChI=1S/C47H40N2S.4C2H6/c1-7-34-30(4)50-46-38(34)24-21-32-26-43(39(27-40(32)46)31-16-9-8-10-17-31)49-45(35-18-12-11-15-28(35)2)29(3)44(48)33-22-23-37-36-19-13-14-20-41(36)47(5,6)42(37)25-33;4*1-2/h7-27H,1,48H2,2-6H3;4*1-2H3/b44-29-,49-45?;;;;. The number of nitrogens with two attached hydrogens (primary N) is 1. The summed E-state index contributed by atoms with van der Waals surface area (Å²) in [6.45, 7) is 31.2. The Labute approximate surface area is 353 Å². The summed E-state index contributed by atoms with van der Waals surface area (Å²) < 4.78 is 1.28. The predicted octanol–water partition coefficient (Wildman–Crippen LogP) is 16.9. The van der Waals surface area contributed by atoms with E-state index in [2.05, 4.69) is 163 Å². The highest BCUT2D eigenvalue weighted by atomic mass is 32.1. The molecular weight excluding hydrogens is 721 g/mol. The molecule has 300 valence electrons. The van der Waals surface area contributed by atoms with Gasteiger partial charge in [-0.3, -0.25) is 0 Å². The van der Waals surface area contributed by atoms with Crippen molar-refractivity contribution >= 4 is 55.4 Å². The van der Waals surface area contributed by atoms with E-state index in [1.807, 2.05) is 72.8 Å². The summed E-state index contributed by atoms with van der Waals surface area (Å²) in [5.41, 5.74) is 22.5. The van der Waals surface area contributed by atoms with Gasteiger partial charge in [0.1, 0.15) is 0 Å². The fourth-order valence-corrected chi connectivity index (χ4v) is 8.95. The molecule has 0 unspecified atom stereocenters. The quantitative estimate of drug-likeness (QED) is 0.168. The van der Waals surface area contributed by atoms with Crippen molar-refractivity contribution in [3.63, 3.8) is 0 Å². The molecule has 2 N–H and O–H groups in total. The summed E-state index contributed by atoms with van der Waals surface area (Å²) in [7, 11) is 0. The molecule has 0 amide bonds. The van der Waals surface area contributed by atoms with E-state index < -0.39 is 0 Å². The van der Waals surface area contributed by atoms with Crippen molar-refractivity contribution in [2.45, 2.75) is 95.4 Å². The minimum Gasteiger partial charge on any atom is -0.398 e. The molecule has 0 atom stereocenters. The Morgan fingerprint density at radius 3 is 1.95 bits per heavy atom. The van der Waals surface area contributed by atoms with Gasteiger partial charge in [-0.2, -0.15) is 0 Å². The molecule has 0 bridgehead atoms. The van der Waals surface area contributed by atoms with Crippen LogP contribution in [0.25, 0.3) is 54.9 Å². The molecule has 2 nitrogen and oxygen atoms in total. The molecule has 1 heterocycles. The van der Waals surface area contributed by atoms with Gasteiger partial charge in [0.25, 0.3) is 0 Å². The zero-order valence-electron chi connectivity index (χ0n) is 37.3. The molecule has 0 saturated carbocycles. The van der Waals surface area contributed by atoms with Crippen molar-refractivity contribution in [3.8, 4) is 22.3 Å². The van der Waals surface area contributed by atoms with Gasteiger partial charge in [-0.1, -0.05) is 185 Å². The topological polar surface area (TPSA) is 38.4 Å². The van der Waals surface area contributed by atoms with Crippen LogP contribution in [0.3, 0.4) is 0 Å². The van der Waals surface area contributed by atoms with Crippen LogP contribution in [0.15, 0.2) is 138 Å². The molecular formula is C55H64N2S. The number of rotatable bonds is 6. The first-order valence-corrected chi connectivity index (χ1v) is 22.0. The lowest BCUT2D eigenvalue weighted by molar-refractivity contribution is 0.660. The second-order valence-corrected chi connectivity index (χ2v) is 15.1. The van der Waals surface area contributed by atoms with Crippen molar-refractivity contribution in [1.29, 1.82) is 0 Å². The van der Waals surface area contributed by atoms with Crippen LogP contribution in [-0.4, -0.2) is 5.71 Å². The fraction of sp³-hybridized carbons (Fsp3) is 0.255. The molecule has 0 radical (unpaired) electrons. The molecule has 8 rings (SSSR count). The van der Waals surface area contributed by atoms with E-state index in [0.717, 1.165) is 55.9 Å². The second-order valence-electron chi connectivity index (χ2n) is 13.9. The third-order valence-corrected chi connectivity index (χ3v) is 11.8. The summed E-state index contributed by atoms with van der Waals surface area (Å²) >= 11 is 1.83. The first-order chi connectivity index (χ1) is 28.2. The van der Waals surface area contributed by atoms with Crippen molar-refractivity contribution in [2.24, 2.45) is 10.7 Å². The van der Waals surface area contributed by atoms with Crippen molar-refractivity contribution in [3.05, 3.63) is 172 Å². The third-order valence-electron chi connectivity index (χ3n) is 10.6. The number of fused-ring (bicyclic) bond motifs is 6. The van der Waals surface area contributed by atoms with Crippen LogP contribution < -0.4 is 5.73 Å². The monoisotopic (exact) mass is 784 g/mol. The summed E-state index contributed by atoms with van der Waals surface area (Å²) in [5, 5.41) is 3.64. The Balaban J connectivity index is 0.000000878. The van der Waals surface area contributed by atoms with E-state index in [1.165, 1.54) is 48.2 Å². The van der Waals surface area contributed by atoms with Gasteiger partial charge in [0.15, 0.2) is 0 Å². The summed E-state index contributed by atoms with van der Waals surface area (Å²) in [5.74, 6) is 0. The van der Waals surface area contributed by atoms with Gasteiger partial charge in [0, 0.05) is 42.6 Å². The van der Waals surface area contributed by atoms with Crippen LogP contribution in [0.2, 0.25) is 0 Å². The highest BCUT2D eigenvalue weighted by Crippen LogP contribution is 2.49. The Hall–Kier alpha value is -5.51.